The summed E-state index contributed by atoms with van der Waals surface area (Å²) in [5.41, 5.74) is 2.39. The lowest BCUT2D eigenvalue weighted by Gasteiger charge is -2.31. The van der Waals surface area contributed by atoms with E-state index in [0.717, 1.165) is 22.3 Å². The molecule has 1 saturated carbocycles. The van der Waals surface area contributed by atoms with E-state index in [1.165, 1.54) is 43.4 Å². The van der Waals surface area contributed by atoms with Crippen LogP contribution in [0.3, 0.4) is 0 Å². The molecule has 2 unspecified atom stereocenters. The third-order valence-electron chi connectivity index (χ3n) is 6.02. The van der Waals surface area contributed by atoms with E-state index in [0.29, 0.717) is 16.7 Å². The zero-order valence-electron chi connectivity index (χ0n) is 17.7. The highest BCUT2D eigenvalue weighted by atomic mass is 32.1. The molecule has 0 bridgehead atoms. The number of anilines is 1. The van der Waals surface area contributed by atoms with Gasteiger partial charge in [-0.3, -0.25) is 9.69 Å². The summed E-state index contributed by atoms with van der Waals surface area (Å²) in [6.45, 7) is 0.720. The smallest absolute Gasteiger partial charge is 0.256 e. The predicted molar refractivity (Wildman–Crippen MR) is 124 cm³/mol. The summed E-state index contributed by atoms with van der Waals surface area (Å²) < 4.78 is 0.903. The van der Waals surface area contributed by atoms with Gasteiger partial charge in [-0.2, -0.15) is 0 Å². The van der Waals surface area contributed by atoms with E-state index >= 15 is 0 Å². The molecule has 1 fully saturated rings. The minimum Gasteiger partial charge on any atom is -0.383 e. The fourth-order valence-electron chi connectivity index (χ4n) is 4.20. The zero-order valence-corrected chi connectivity index (χ0v) is 18.5. The van der Waals surface area contributed by atoms with Gasteiger partial charge in [0.25, 0.3) is 5.91 Å². The second-order valence-corrected chi connectivity index (χ2v) is 9.33. The Morgan fingerprint density at radius 1 is 1.13 bits per heavy atom. The quantitative estimate of drug-likeness (QED) is 0.516. The molecule has 1 aromatic heterocycles. The van der Waals surface area contributed by atoms with Crippen LogP contribution in [0.5, 0.6) is 0 Å². The molecular weight excluding hydrogens is 410 g/mol. The van der Waals surface area contributed by atoms with Gasteiger partial charge in [-0.15, -0.1) is 11.3 Å². The van der Waals surface area contributed by atoms with Crippen LogP contribution in [0.15, 0.2) is 48.5 Å². The average Bonchev–Trinajstić information content (AvgIpc) is 3.24. The second-order valence-electron chi connectivity index (χ2n) is 8.26. The Morgan fingerprint density at radius 3 is 2.61 bits per heavy atom. The SMILES string of the molecule is CN(Cc1ccccc1NC(=O)C(O)C(O)c1nc2ccccc2s1)C1CCCCC1. The van der Waals surface area contributed by atoms with Crippen molar-refractivity contribution in [2.24, 2.45) is 0 Å². The van der Waals surface area contributed by atoms with Crippen molar-refractivity contribution >= 4 is 33.1 Å². The lowest BCUT2D eigenvalue weighted by molar-refractivity contribution is -0.129. The van der Waals surface area contributed by atoms with Gasteiger partial charge in [0, 0.05) is 18.3 Å². The van der Waals surface area contributed by atoms with Crippen molar-refractivity contribution in [2.45, 2.75) is 56.9 Å². The van der Waals surface area contributed by atoms with Crippen LogP contribution in [0.25, 0.3) is 10.2 Å². The van der Waals surface area contributed by atoms with Crippen LogP contribution >= 0.6 is 11.3 Å². The van der Waals surface area contributed by atoms with Crippen LogP contribution < -0.4 is 5.32 Å². The molecule has 4 rings (SSSR count). The van der Waals surface area contributed by atoms with Gasteiger partial charge in [0.1, 0.15) is 11.1 Å². The van der Waals surface area contributed by atoms with Gasteiger partial charge >= 0.3 is 0 Å². The zero-order chi connectivity index (χ0) is 21.8. The number of benzene rings is 2. The number of para-hydroxylation sites is 2. The van der Waals surface area contributed by atoms with E-state index in [4.69, 9.17) is 0 Å². The molecule has 31 heavy (non-hydrogen) atoms. The van der Waals surface area contributed by atoms with E-state index in [1.54, 1.807) is 0 Å². The Kier molecular flexibility index (Phi) is 6.97. The van der Waals surface area contributed by atoms with E-state index in [2.05, 4.69) is 22.2 Å². The van der Waals surface area contributed by atoms with Crippen LogP contribution in [0, 0.1) is 0 Å². The van der Waals surface area contributed by atoms with Crippen LogP contribution in [0.4, 0.5) is 5.69 Å². The van der Waals surface area contributed by atoms with Crippen LogP contribution in [0.2, 0.25) is 0 Å². The summed E-state index contributed by atoms with van der Waals surface area (Å²) in [6, 6.07) is 15.7. The average molecular weight is 440 g/mol. The van der Waals surface area contributed by atoms with Crippen molar-refractivity contribution in [3.63, 3.8) is 0 Å². The molecule has 0 spiro atoms. The molecule has 2 atom stereocenters. The van der Waals surface area contributed by atoms with Crippen molar-refractivity contribution in [3.8, 4) is 0 Å². The summed E-state index contributed by atoms with van der Waals surface area (Å²) in [6.07, 6.45) is 3.27. The number of rotatable bonds is 7. The summed E-state index contributed by atoms with van der Waals surface area (Å²) in [5, 5.41) is 24.2. The molecule has 1 heterocycles. The summed E-state index contributed by atoms with van der Waals surface area (Å²) in [5.74, 6) is -0.639. The third-order valence-corrected chi connectivity index (χ3v) is 7.13. The highest BCUT2D eigenvalue weighted by Crippen LogP contribution is 2.29. The molecule has 6 nitrogen and oxygen atoms in total. The van der Waals surface area contributed by atoms with Gasteiger partial charge in [0.05, 0.1) is 10.2 Å². The van der Waals surface area contributed by atoms with Crippen molar-refractivity contribution in [2.75, 3.05) is 12.4 Å². The minimum absolute atomic E-state index is 0.328. The van der Waals surface area contributed by atoms with Gasteiger partial charge < -0.3 is 15.5 Å². The fraction of sp³-hybridized carbons (Fsp3) is 0.417. The number of nitrogens with zero attached hydrogens (tertiary/aromatic N) is 2. The molecule has 7 heteroatoms. The van der Waals surface area contributed by atoms with Gasteiger partial charge in [-0.1, -0.05) is 49.6 Å². The molecule has 3 aromatic rings. The first-order valence-corrected chi connectivity index (χ1v) is 11.6. The Balaban J connectivity index is 1.44. The number of nitrogens with one attached hydrogen (secondary N) is 1. The Bertz CT molecular complexity index is 999. The highest BCUT2D eigenvalue weighted by Gasteiger charge is 2.29. The number of hydrogen-bond donors (Lipinski definition) is 3. The van der Waals surface area contributed by atoms with Gasteiger partial charge in [-0.25, -0.2) is 4.98 Å². The standard InChI is InChI=1S/C24H29N3O3S/c1-27(17-10-3-2-4-11-17)15-16-9-5-6-12-18(16)25-23(30)21(28)22(29)24-26-19-13-7-8-14-20(19)31-24/h5-9,12-14,17,21-22,28-29H,2-4,10-11,15H2,1H3,(H,25,30). The number of carbonyl (C=O) groups excluding carboxylic acids is 1. The van der Waals surface area contributed by atoms with Crippen molar-refractivity contribution in [1.82, 2.24) is 9.88 Å². The van der Waals surface area contributed by atoms with Crippen LogP contribution in [-0.2, 0) is 11.3 Å². The number of carbonyl (C=O) groups is 1. The van der Waals surface area contributed by atoms with Gasteiger partial charge in [-0.05, 0) is 43.7 Å². The van der Waals surface area contributed by atoms with Crippen LogP contribution in [-0.4, -0.2) is 45.2 Å². The molecule has 1 aliphatic carbocycles. The molecule has 2 aromatic carbocycles. The molecule has 0 saturated heterocycles. The maximum atomic E-state index is 12.7. The van der Waals surface area contributed by atoms with Crippen molar-refractivity contribution in [3.05, 3.63) is 59.1 Å². The number of aliphatic hydroxyl groups excluding tert-OH is 2. The monoisotopic (exact) mass is 439 g/mol. The molecule has 0 radical (unpaired) electrons. The number of aromatic nitrogens is 1. The van der Waals surface area contributed by atoms with E-state index in [9.17, 15) is 15.0 Å². The number of thiazole rings is 1. The Labute approximate surface area is 186 Å². The van der Waals surface area contributed by atoms with Gasteiger partial charge in [0.15, 0.2) is 6.10 Å². The first-order chi connectivity index (χ1) is 15.0. The van der Waals surface area contributed by atoms with Crippen molar-refractivity contribution in [1.29, 1.82) is 0 Å². The lowest BCUT2D eigenvalue weighted by Crippen LogP contribution is -2.35. The molecule has 1 amide bonds. The Morgan fingerprint density at radius 2 is 1.84 bits per heavy atom. The van der Waals surface area contributed by atoms with E-state index < -0.39 is 18.1 Å². The Hall–Kier alpha value is -2.32. The first-order valence-electron chi connectivity index (χ1n) is 10.8. The third kappa shape index (κ3) is 5.13. The molecule has 3 N–H and O–H groups in total. The second kappa shape index (κ2) is 9.87. The molecule has 0 aliphatic heterocycles. The number of fused-ring (bicyclic) bond motifs is 1. The molecular formula is C24H29N3O3S. The molecule has 1 aliphatic rings. The van der Waals surface area contributed by atoms with Crippen molar-refractivity contribution < 1.29 is 15.0 Å². The fourth-order valence-corrected chi connectivity index (χ4v) is 5.19. The largest absolute Gasteiger partial charge is 0.383 e. The number of hydrogen-bond acceptors (Lipinski definition) is 6. The first kappa shape index (κ1) is 21.9. The van der Waals surface area contributed by atoms with Crippen LogP contribution in [0.1, 0.15) is 48.8 Å². The van der Waals surface area contributed by atoms with Gasteiger partial charge in [0.2, 0.25) is 0 Å². The molecule has 164 valence electrons. The lowest BCUT2D eigenvalue weighted by atomic mass is 9.94. The maximum absolute atomic E-state index is 12.7. The normalized spacial score (nSPS) is 17.0. The maximum Gasteiger partial charge on any atom is 0.256 e. The minimum atomic E-state index is -1.61. The number of amides is 1. The topological polar surface area (TPSA) is 85.7 Å². The summed E-state index contributed by atoms with van der Waals surface area (Å²) in [4.78, 5) is 19.4. The number of aliphatic hydroxyl groups is 2. The predicted octanol–water partition coefficient (Wildman–Crippen LogP) is 4.09. The summed E-state index contributed by atoms with van der Waals surface area (Å²) in [7, 11) is 2.13. The van der Waals surface area contributed by atoms with E-state index in [-0.39, 0.29) is 0 Å². The summed E-state index contributed by atoms with van der Waals surface area (Å²) >= 11 is 1.28. The van der Waals surface area contributed by atoms with E-state index in [1.807, 2.05) is 48.5 Å². The highest BCUT2D eigenvalue weighted by molar-refractivity contribution is 7.18.